The third kappa shape index (κ3) is 2.31. The molecular formula is C16H21N3O. The van der Waals surface area contributed by atoms with E-state index >= 15 is 0 Å². The van der Waals surface area contributed by atoms with Crippen molar-refractivity contribution in [1.29, 1.82) is 0 Å². The van der Waals surface area contributed by atoms with E-state index in [9.17, 15) is 0 Å². The lowest BCUT2D eigenvalue weighted by Crippen LogP contribution is -2.27. The highest BCUT2D eigenvalue weighted by atomic mass is 16.5. The van der Waals surface area contributed by atoms with Crippen molar-refractivity contribution in [1.82, 2.24) is 14.9 Å². The molecule has 1 N–H and O–H groups in total. The Hall–Kier alpha value is -1.81. The number of hydrogen-bond acceptors (Lipinski definition) is 3. The maximum Gasteiger partial charge on any atom is 0.121 e. The summed E-state index contributed by atoms with van der Waals surface area (Å²) in [4.78, 5) is 4.36. The van der Waals surface area contributed by atoms with Gasteiger partial charge in [0.25, 0.3) is 0 Å². The summed E-state index contributed by atoms with van der Waals surface area (Å²) in [6.07, 6.45) is 5.02. The van der Waals surface area contributed by atoms with Gasteiger partial charge in [0.1, 0.15) is 5.75 Å². The Morgan fingerprint density at radius 1 is 1.45 bits per heavy atom. The number of nitrogens with zero attached hydrogens (tertiary/aromatic N) is 2. The van der Waals surface area contributed by atoms with Gasteiger partial charge in [-0.25, -0.2) is 4.98 Å². The van der Waals surface area contributed by atoms with Crippen LogP contribution in [0.4, 0.5) is 0 Å². The average molecular weight is 271 g/mol. The molecule has 0 radical (unpaired) electrons. The number of hydrogen-bond donors (Lipinski definition) is 1. The predicted molar refractivity (Wildman–Crippen MR) is 79.6 cm³/mol. The van der Waals surface area contributed by atoms with Crippen molar-refractivity contribution in [3.8, 4) is 11.4 Å². The molecule has 1 aromatic heterocycles. The molecule has 2 heterocycles. The van der Waals surface area contributed by atoms with E-state index < -0.39 is 0 Å². The standard InChI is InChI=1S/C16H21N3O/c1-3-20-14-6-4-5-13(9-14)19-12-18-10-15(19)16(2)7-8-17-11-16/h4-6,9-10,12,17H,3,7-8,11H2,1-2H3. The molecule has 0 spiro atoms. The van der Waals surface area contributed by atoms with Crippen LogP contribution in [-0.4, -0.2) is 29.2 Å². The van der Waals surface area contributed by atoms with Crippen molar-refractivity contribution < 1.29 is 4.74 Å². The zero-order chi connectivity index (χ0) is 14.0. The lowest BCUT2D eigenvalue weighted by molar-refractivity contribution is 0.340. The van der Waals surface area contributed by atoms with Crippen LogP contribution in [0.3, 0.4) is 0 Å². The third-order valence-electron chi connectivity index (χ3n) is 4.03. The van der Waals surface area contributed by atoms with Gasteiger partial charge in [0, 0.05) is 29.9 Å². The molecule has 1 aliphatic heterocycles. The van der Waals surface area contributed by atoms with Crippen LogP contribution in [0.15, 0.2) is 36.8 Å². The van der Waals surface area contributed by atoms with E-state index in [4.69, 9.17) is 4.74 Å². The summed E-state index contributed by atoms with van der Waals surface area (Å²) in [5.41, 5.74) is 2.52. The second kappa shape index (κ2) is 5.29. The number of aromatic nitrogens is 2. The normalized spacial score (nSPS) is 22.1. The summed E-state index contributed by atoms with van der Waals surface area (Å²) in [6, 6.07) is 8.18. The van der Waals surface area contributed by atoms with E-state index in [2.05, 4.69) is 33.9 Å². The summed E-state index contributed by atoms with van der Waals surface area (Å²) in [6.45, 7) is 7.06. The van der Waals surface area contributed by atoms with E-state index in [-0.39, 0.29) is 5.41 Å². The first-order valence-corrected chi connectivity index (χ1v) is 7.20. The first-order valence-electron chi connectivity index (χ1n) is 7.20. The second-order valence-corrected chi connectivity index (χ2v) is 5.57. The van der Waals surface area contributed by atoms with Crippen LogP contribution >= 0.6 is 0 Å². The van der Waals surface area contributed by atoms with Gasteiger partial charge in [-0.3, -0.25) is 0 Å². The number of imidazole rings is 1. The Kier molecular flexibility index (Phi) is 3.49. The minimum atomic E-state index is 0.151. The van der Waals surface area contributed by atoms with Crippen LogP contribution in [0.1, 0.15) is 26.0 Å². The monoisotopic (exact) mass is 271 g/mol. The molecule has 1 atom stereocenters. The molecule has 1 saturated heterocycles. The van der Waals surface area contributed by atoms with Crippen LogP contribution < -0.4 is 10.1 Å². The van der Waals surface area contributed by atoms with Gasteiger partial charge in [0.15, 0.2) is 0 Å². The van der Waals surface area contributed by atoms with Gasteiger partial charge in [0.2, 0.25) is 0 Å². The summed E-state index contributed by atoms with van der Waals surface area (Å²) in [5.74, 6) is 0.902. The van der Waals surface area contributed by atoms with E-state index in [1.54, 1.807) is 0 Å². The van der Waals surface area contributed by atoms with Crippen LogP contribution in [0.25, 0.3) is 5.69 Å². The Morgan fingerprint density at radius 2 is 2.35 bits per heavy atom. The molecule has 1 fully saturated rings. The fourth-order valence-corrected chi connectivity index (χ4v) is 2.87. The maximum atomic E-state index is 5.59. The number of benzene rings is 1. The molecule has 1 aromatic carbocycles. The quantitative estimate of drug-likeness (QED) is 0.928. The zero-order valence-electron chi connectivity index (χ0n) is 12.1. The molecule has 0 amide bonds. The van der Waals surface area contributed by atoms with Crippen LogP contribution in [0.2, 0.25) is 0 Å². The first-order chi connectivity index (χ1) is 9.73. The van der Waals surface area contributed by atoms with Crippen molar-refractivity contribution in [2.24, 2.45) is 0 Å². The lowest BCUT2D eigenvalue weighted by Gasteiger charge is -2.24. The molecule has 3 rings (SSSR count). The molecule has 1 aliphatic rings. The summed E-state index contributed by atoms with van der Waals surface area (Å²) < 4.78 is 7.77. The highest BCUT2D eigenvalue weighted by Gasteiger charge is 2.33. The molecular weight excluding hydrogens is 250 g/mol. The van der Waals surface area contributed by atoms with E-state index in [1.165, 1.54) is 5.69 Å². The van der Waals surface area contributed by atoms with Crippen LogP contribution in [-0.2, 0) is 5.41 Å². The van der Waals surface area contributed by atoms with Gasteiger partial charge >= 0.3 is 0 Å². The van der Waals surface area contributed by atoms with Crippen molar-refractivity contribution in [2.45, 2.75) is 25.7 Å². The summed E-state index contributed by atoms with van der Waals surface area (Å²) in [7, 11) is 0. The highest BCUT2D eigenvalue weighted by molar-refractivity contribution is 5.41. The molecule has 20 heavy (non-hydrogen) atoms. The minimum absolute atomic E-state index is 0.151. The Labute approximate surface area is 119 Å². The van der Waals surface area contributed by atoms with Crippen molar-refractivity contribution in [3.05, 3.63) is 42.5 Å². The molecule has 4 nitrogen and oxygen atoms in total. The smallest absolute Gasteiger partial charge is 0.121 e. The van der Waals surface area contributed by atoms with Gasteiger partial charge < -0.3 is 14.6 Å². The van der Waals surface area contributed by atoms with Gasteiger partial charge in [0.05, 0.1) is 18.6 Å². The first kappa shape index (κ1) is 13.2. The lowest BCUT2D eigenvalue weighted by atomic mass is 9.86. The SMILES string of the molecule is CCOc1cccc(-n2cncc2C2(C)CCNC2)c1. The van der Waals surface area contributed by atoms with Crippen molar-refractivity contribution >= 4 is 0 Å². The number of rotatable bonds is 4. The molecule has 4 heteroatoms. The Morgan fingerprint density at radius 3 is 3.10 bits per heavy atom. The molecule has 1 unspecified atom stereocenters. The van der Waals surface area contributed by atoms with Crippen molar-refractivity contribution in [3.63, 3.8) is 0 Å². The molecule has 2 aromatic rings. The van der Waals surface area contributed by atoms with E-state index in [0.29, 0.717) is 6.61 Å². The fraction of sp³-hybridized carbons (Fsp3) is 0.438. The van der Waals surface area contributed by atoms with Gasteiger partial charge in [-0.2, -0.15) is 0 Å². The summed E-state index contributed by atoms with van der Waals surface area (Å²) in [5, 5.41) is 3.45. The summed E-state index contributed by atoms with van der Waals surface area (Å²) >= 11 is 0. The van der Waals surface area contributed by atoms with E-state index in [1.807, 2.05) is 31.6 Å². The molecule has 0 aliphatic carbocycles. The Bertz CT molecular complexity index is 585. The van der Waals surface area contributed by atoms with Gasteiger partial charge in [-0.1, -0.05) is 13.0 Å². The minimum Gasteiger partial charge on any atom is -0.494 e. The number of ether oxygens (including phenoxy) is 1. The topological polar surface area (TPSA) is 39.1 Å². The van der Waals surface area contributed by atoms with Gasteiger partial charge in [-0.05, 0) is 32.0 Å². The molecule has 106 valence electrons. The molecule has 0 saturated carbocycles. The highest BCUT2D eigenvalue weighted by Crippen LogP contribution is 2.31. The Balaban J connectivity index is 1.99. The predicted octanol–water partition coefficient (Wildman–Crippen LogP) is 2.52. The van der Waals surface area contributed by atoms with Crippen LogP contribution in [0, 0.1) is 0 Å². The average Bonchev–Trinajstić information content (AvgIpc) is 3.09. The van der Waals surface area contributed by atoms with Crippen molar-refractivity contribution in [2.75, 3.05) is 19.7 Å². The van der Waals surface area contributed by atoms with E-state index in [0.717, 1.165) is 30.9 Å². The zero-order valence-corrected chi connectivity index (χ0v) is 12.1. The third-order valence-corrected chi connectivity index (χ3v) is 4.03. The largest absolute Gasteiger partial charge is 0.494 e. The second-order valence-electron chi connectivity index (χ2n) is 5.57. The maximum absolute atomic E-state index is 5.59. The fourth-order valence-electron chi connectivity index (χ4n) is 2.87. The molecule has 0 bridgehead atoms. The van der Waals surface area contributed by atoms with Crippen LogP contribution in [0.5, 0.6) is 5.75 Å². The number of nitrogens with one attached hydrogen (secondary N) is 1. The van der Waals surface area contributed by atoms with Gasteiger partial charge in [-0.15, -0.1) is 0 Å².